The van der Waals surface area contributed by atoms with Gasteiger partial charge in [-0.3, -0.25) is 9.69 Å². The molecule has 204 valence electrons. The van der Waals surface area contributed by atoms with Crippen molar-refractivity contribution in [3.63, 3.8) is 0 Å². The molecule has 0 atom stereocenters. The topological polar surface area (TPSA) is 185 Å². The Hall–Kier alpha value is -3.93. The standard InChI is InChI=1S/C22H25N11O4S2/c1-13-25-28-22(39-13)38-12-15-9-14(3-4-17(15)35-2)10-24-27-21(34)18-16(11-32-5-7-36-8-6-32)33(31-26-18)20-19(23)29-37-30-20/h3-4,9-10H,5-8,11-12H2,1-2H3,(H2,23,29)(H,27,34)/b24-10-. The maximum Gasteiger partial charge on any atom is 0.293 e. The van der Waals surface area contributed by atoms with Crippen LogP contribution in [-0.2, 0) is 17.0 Å². The molecule has 1 saturated heterocycles. The van der Waals surface area contributed by atoms with Crippen LogP contribution in [0.3, 0.4) is 0 Å². The van der Waals surface area contributed by atoms with Crippen molar-refractivity contribution in [3.05, 3.63) is 45.7 Å². The van der Waals surface area contributed by atoms with Crippen LogP contribution in [0.15, 0.2) is 32.3 Å². The minimum absolute atomic E-state index is 0.0304. The number of amides is 1. The van der Waals surface area contributed by atoms with Crippen LogP contribution in [0.1, 0.15) is 32.3 Å². The van der Waals surface area contributed by atoms with Gasteiger partial charge in [-0.1, -0.05) is 28.3 Å². The maximum absolute atomic E-state index is 13.1. The van der Waals surface area contributed by atoms with Gasteiger partial charge in [-0.2, -0.15) is 9.78 Å². The van der Waals surface area contributed by atoms with E-state index in [-0.39, 0.29) is 17.3 Å². The summed E-state index contributed by atoms with van der Waals surface area (Å²) in [5.74, 6) is 1.03. The van der Waals surface area contributed by atoms with Crippen LogP contribution in [0, 0.1) is 6.92 Å². The molecule has 39 heavy (non-hydrogen) atoms. The molecule has 0 unspecified atom stereocenters. The normalized spacial score (nSPS) is 14.2. The van der Waals surface area contributed by atoms with Crippen molar-refractivity contribution in [3.8, 4) is 11.6 Å². The lowest BCUT2D eigenvalue weighted by atomic mass is 10.1. The zero-order chi connectivity index (χ0) is 27.2. The zero-order valence-electron chi connectivity index (χ0n) is 21.1. The van der Waals surface area contributed by atoms with Gasteiger partial charge in [-0.15, -0.1) is 15.3 Å². The first-order chi connectivity index (χ1) is 19.0. The number of hydrogen-bond acceptors (Lipinski definition) is 15. The summed E-state index contributed by atoms with van der Waals surface area (Å²) >= 11 is 3.11. The molecule has 0 aliphatic carbocycles. The van der Waals surface area contributed by atoms with E-state index in [4.69, 9.17) is 19.8 Å². The molecule has 3 aromatic heterocycles. The molecule has 5 rings (SSSR count). The van der Waals surface area contributed by atoms with Crippen molar-refractivity contribution in [1.29, 1.82) is 0 Å². The van der Waals surface area contributed by atoms with Crippen LogP contribution in [-0.4, -0.2) is 85.9 Å². The van der Waals surface area contributed by atoms with Crippen LogP contribution in [0.2, 0.25) is 0 Å². The van der Waals surface area contributed by atoms with Gasteiger partial charge in [0, 0.05) is 31.0 Å². The lowest BCUT2D eigenvalue weighted by Gasteiger charge is -2.26. The van der Waals surface area contributed by atoms with Gasteiger partial charge >= 0.3 is 0 Å². The number of hydrazone groups is 1. The first-order valence-corrected chi connectivity index (χ1v) is 13.6. The molecular weight excluding hydrogens is 546 g/mol. The zero-order valence-corrected chi connectivity index (χ0v) is 22.7. The Morgan fingerprint density at radius 1 is 1.28 bits per heavy atom. The van der Waals surface area contributed by atoms with E-state index in [0.29, 0.717) is 44.3 Å². The molecule has 1 aliphatic heterocycles. The number of aromatic nitrogens is 7. The van der Waals surface area contributed by atoms with Crippen LogP contribution in [0.4, 0.5) is 5.82 Å². The van der Waals surface area contributed by atoms with E-state index in [1.165, 1.54) is 16.0 Å². The van der Waals surface area contributed by atoms with Gasteiger partial charge in [0.1, 0.15) is 10.8 Å². The molecule has 0 radical (unpaired) electrons. The van der Waals surface area contributed by atoms with Gasteiger partial charge in [0.25, 0.3) is 5.91 Å². The van der Waals surface area contributed by atoms with Crippen molar-refractivity contribution in [1.82, 2.24) is 45.8 Å². The SMILES string of the molecule is COc1ccc(/C=N\NC(=O)c2nnn(-c3nonc3N)c2CN2CCOCC2)cc1CSc1nnc(C)s1. The fourth-order valence-electron chi connectivity index (χ4n) is 3.79. The summed E-state index contributed by atoms with van der Waals surface area (Å²) < 4.78 is 17.9. The van der Waals surface area contributed by atoms with Crippen molar-refractivity contribution in [2.75, 3.05) is 39.1 Å². The number of ether oxygens (including phenoxy) is 2. The average Bonchev–Trinajstić information content (AvgIpc) is 3.68. The third-order valence-electron chi connectivity index (χ3n) is 5.69. The minimum atomic E-state index is -0.535. The lowest BCUT2D eigenvalue weighted by Crippen LogP contribution is -2.37. The number of nitrogens with two attached hydrogens (primary N) is 1. The number of methoxy groups -OCH3 is 1. The second-order valence-electron chi connectivity index (χ2n) is 8.30. The highest BCUT2D eigenvalue weighted by atomic mass is 32.2. The Bertz CT molecular complexity index is 1460. The van der Waals surface area contributed by atoms with Crippen LogP contribution in [0.25, 0.3) is 5.82 Å². The number of aryl methyl sites for hydroxylation is 1. The van der Waals surface area contributed by atoms with Crippen LogP contribution >= 0.6 is 23.1 Å². The summed E-state index contributed by atoms with van der Waals surface area (Å²) in [6.07, 6.45) is 1.55. The second kappa shape index (κ2) is 12.3. The molecule has 15 nitrogen and oxygen atoms in total. The van der Waals surface area contributed by atoms with Gasteiger partial charge in [0.15, 0.2) is 10.0 Å². The predicted molar refractivity (Wildman–Crippen MR) is 142 cm³/mol. The van der Waals surface area contributed by atoms with Crippen molar-refractivity contribution < 1.29 is 18.9 Å². The molecule has 4 aromatic rings. The number of nitrogens with zero attached hydrogens (tertiary/aromatic N) is 9. The quantitative estimate of drug-likeness (QED) is 0.158. The number of rotatable bonds is 10. The Kier molecular flexibility index (Phi) is 8.40. The first-order valence-electron chi connectivity index (χ1n) is 11.8. The molecule has 1 fully saturated rings. The Morgan fingerprint density at radius 2 is 2.13 bits per heavy atom. The highest BCUT2D eigenvalue weighted by Crippen LogP contribution is 2.30. The van der Waals surface area contributed by atoms with Crippen molar-refractivity contribution in [2.24, 2.45) is 5.10 Å². The van der Waals surface area contributed by atoms with Gasteiger partial charge in [-0.25, -0.2) is 10.1 Å². The van der Waals surface area contributed by atoms with E-state index in [1.54, 1.807) is 25.1 Å². The van der Waals surface area contributed by atoms with Crippen molar-refractivity contribution in [2.45, 2.75) is 23.6 Å². The van der Waals surface area contributed by atoms with Gasteiger partial charge in [0.05, 0.1) is 32.2 Å². The summed E-state index contributed by atoms with van der Waals surface area (Å²) in [6, 6.07) is 5.64. The maximum atomic E-state index is 13.1. The summed E-state index contributed by atoms with van der Waals surface area (Å²) in [5.41, 5.74) is 10.7. The number of morpholine rings is 1. The molecule has 1 aromatic carbocycles. The predicted octanol–water partition coefficient (Wildman–Crippen LogP) is 1.29. The molecule has 4 heterocycles. The number of anilines is 1. The van der Waals surface area contributed by atoms with E-state index < -0.39 is 5.91 Å². The van der Waals surface area contributed by atoms with Gasteiger partial charge < -0.3 is 15.2 Å². The number of thioether (sulfide) groups is 1. The van der Waals surface area contributed by atoms with E-state index in [9.17, 15) is 4.79 Å². The molecule has 1 aliphatic rings. The van der Waals surface area contributed by atoms with E-state index >= 15 is 0 Å². The first kappa shape index (κ1) is 26.7. The van der Waals surface area contributed by atoms with Crippen LogP contribution < -0.4 is 15.9 Å². The van der Waals surface area contributed by atoms with E-state index in [1.807, 2.05) is 25.1 Å². The lowest BCUT2D eigenvalue weighted by molar-refractivity contribution is 0.0332. The monoisotopic (exact) mass is 571 g/mol. The summed E-state index contributed by atoms with van der Waals surface area (Å²) in [4.78, 5) is 15.2. The van der Waals surface area contributed by atoms with Crippen molar-refractivity contribution >= 4 is 41.0 Å². The largest absolute Gasteiger partial charge is 0.496 e. The molecule has 3 N–H and O–H groups in total. The number of carbonyl (C=O) groups excluding carboxylic acids is 1. The summed E-state index contributed by atoms with van der Waals surface area (Å²) in [6.45, 7) is 4.83. The Labute approximate surface area is 230 Å². The fraction of sp³-hybridized carbons (Fsp3) is 0.364. The minimum Gasteiger partial charge on any atom is -0.496 e. The smallest absolute Gasteiger partial charge is 0.293 e. The number of carbonyl (C=O) groups is 1. The highest BCUT2D eigenvalue weighted by molar-refractivity contribution is 8.00. The van der Waals surface area contributed by atoms with E-state index in [2.05, 4.69) is 46.2 Å². The highest BCUT2D eigenvalue weighted by Gasteiger charge is 2.26. The summed E-state index contributed by atoms with van der Waals surface area (Å²) in [5, 5.41) is 28.8. The van der Waals surface area contributed by atoms with Gasteiger partial charge in [-0.05, 0) is 41.0 Å². The fourth-order valence-corrected chi connectivity index (χ4v) is 5.58. The van der Waals surface area contributed by atoms with E-state index in [0.717, 1.165) is 26.2 Å². The number of hydrogen-bond donors (Lipinski definition) is 2. The van der Waals surface area contributed by atoms with Crippen LogP contribution in [0.5, 0.6) is 5.75 Å². The third kappa shape index (κ3) is 6.39. The molecule has 17 heteroatoms. The molecular formula is C22H25N11O4S2. The number of benzene rings is 1. The molecule has 0 bridgehead atoms. The summed E-state index contributed by atoms with van der Waals surface area (Å²) in [7, 11) is 1.62. The number of nitrogens with one attached hydrogen (secondary N) is 1. The second-order valence-corrected chi connectivity index (χ2v) is 10.7. The Balaban J connectivity index is 1.31. The van der Waals surface area contributed by atoms with Gasteiger partial charge in [0.2, 0.25) is 11.6 Å². The third-order valence-corrected chi connectivity index (χ3v) is 7.72. The molecule has 1 amide bonds. The average molecular weight is 572 g/mol. The molecule has 0 spiro atoms. The molecule has 0 saturated carbocycles. The number of nitrogen functional groups attached to an aromatic ring is 1. The Morgan fingerprint density at radius 3 is 2.85 bits per heavy atom.